The van der Waals surface area contributed by atoms with E-state index in [9.17, 15) is 4.79 Å². The van der Waals surface area contributed by atoms with Crippen LogP contribution in [0.1, 0.15) is 33.6 Å². The summed E-state index contributed by atoms with van der Waals surface area (Å²) in [6.45, 7) is 9.59. The first-order valence-electron chi connectivity index (χ1n) is 9.44. The number of rotatable bonds is 4. The highest BCUT2D eigenvalue weighted by atomic mass is 16.6. The summed E-state index contributed by atoms with van der Waals surface area (Å²) < 4.78 is 5.50. The summed E-state index contributed by atoms with van der Waals surface area (Å²) in [5.41, 5.74) is -0.447. The van der Waals surface area contributed by atoms with Crippen LogP contribution in [0.25, 0.3) is 0 Å². The van der Waals surface area contributed by atoms with Gasteiger partial charge in [0.05, 0.1) is 12.6 Å². The van der Waals surface area contributed by atoms with Gasteiger partial charge in [-0.25, -0.2) is 4.79 Å². The maximum absolute atomic E-state index is 12.3. The quantitative estimate of drug-likeness (QED) is 0.825. The Morgan fingerprint density at radius 2 is 2.08 bits per heavy atom. The van der Waals surface area contributed by atoms with Crippen molar-refractivity contribution < 1.29 is 9.53 Å². The summed E-state index contributed by atoms with van der Waals surface area (Å²) in [4.78, 5) is 23.4. The number of carbonyl (C=O) groups excluding carboxylic acids is 1. The number of fused-ring (bicyclic) bond motifs is 1. The Kier molecular flexibility index (Phi) is 5.14. The van der Waals surface area contributed by atoms with Crippen LogP contribution in [0.2, 0.25) is 0 Å². The van der Waals surface area contributed by atoms with E-state index in [1.165, 1.54) is 12.8 Å². The van der Waals surface area contributed by atoms with Crippen LogP contribution in [0.15, 0.2) is 4.99 Å². The van der Waals surface area contributed by atoms with Gasteiger partial charge in [-0.05, 0) is 53.6 Å². The predicted octanol–water partition coefficient (Wildman–Crippen LogP) is 1.21. The molecule has 1 saturated heterocycles. The van der Waals surface area contributed by atoms with Gasteiger partial charge in [-0.15, -0.1) is 0 Å². The summed E-state index contributed by atoms with van der Waals surface area (Å²) in [7, 11) is 4.31. The zero-order valence-electron chi connectivity index (χ0n) is 16.3. The lowest BCUT2D eigenvalue weighted by atomic mass is 10.1. The third kappa shape index (κ3) is 4.57. The Bertz CT molecular complexity index is 522. The standard InChI is InChI=1S/C18H33N5O2/c1-18(2,3)25-17(24)22-8-9-23-14(12-22)10-19-16(23)20-11-15(21(4)5)13-6-7-13/h13-15H,6-12H2,1-5H3,(H,19,20). The number of nitrogens with zero attached hydrogens (tertiary/aromatic N) is 4. The van der Waals surface area contributed by atoms with E-state index in [0.717, 1.165) is 31.5 Å². The number of likely N-dealkylation sites (N-methyl/N-ethyl adjacent to an activating group) is 1. The highest BCUT2D eigenvalue weighted by molar-refractivity contribution is 5.82. The molecule has 7 nitrogen and oxygen atoms in total. The number of aliphatic imine (C=N–C) groups is 1. The average Bonchev–Trinajstić information content (AvgIpc) is 3.26. The van der Waals surface area contributed by atoms with Gasteiger partial charge in [0, 0.05) is 32.2 Å². The summed E-state index contributed by atoms with van der Waals surface area (Å²) in [5, 5.41) is 3.57. The molecule has 2 unspecified atom stereocenters. The lowest BCUT2D eigenvalue weighted by molar-refractivity contribution is 0.0137. The smallest absolute Gasteiger partial charge is 0.410 e. The second kappa shape index (κ2) is 7.02. The van der Waals surface area contributed by atoms with E-state index in [4.69, 9.17) is 9.73 Å². The monoisotopic (exact) mass is 351 g/mol. The minimum Gasteiger partial charge on any atom is -0.444 e. The molecule has 2 aliphatic heterocycles. The van der Waals surface area contributed by atoms with Gasteiger partial charge in [-0.1, -0.05) is 0 Å². The zero-order valence-corrected chi connectivity index (χ0v) is 16.3. The molecule has 2 heterocycles. The summed E-state index contributed by atoms with van der Waals surface area (Å²) >= 11 is 0. The van der Waals surface area contributed by atoms with E-state index < -0.39 is 5.60 Å². The second-order valence-corrected chi connectivity index (χ2v) is 8.69. The van der Waals surface area contributed by atoms with Crippen molar-refractivity contribution in [2.24, 2.45) is 10.9 Å². The van der Waals surface area contributed by atoms with E-state index in [-0.39, 0.29) is 12.1 Å². The Morgan fingerprint density at radius 3 is 2.68 bits per heavy atom. The van der Waals surface area contributed by atoms with Crippen LogP contribution in [-0.4, -0.2) is 91.3 Å². The number of carbonyl (C=O) groups is 1. The predicted molar refractivity (Wildman–Crippen MR) is 98.8 cm³/mol. The van der Waals surface area contributed by atoms with Crippen molar-refractivity contribution in [1.29, 1.82) is 0 Å². The largest absolute Gasteiger partial charge is 0.444 e. The Balaban J connectivity index is 1.49. The number of nitrogens with one attached hydrogen (secondary N) is 1. The first-order chi connectivity index (χ1) is 11.7. The zero-order chi connectivity index (χ0) is 18.2. The van der Waals surface area contributed by atoms with Crippen molar-refractivity contribution in [3.05, 3.63) is 0 Å². The topological polar surface area (TPSA) is 60.4 Å². The molecule has 1 N–H and O–H groups in total. The van der Waals surface area contributed by atoms with Gasteiger partial charge >= 0.3 is 6.09 Å². The first kappa shape index (κ1) is 18.3. The van der Waals surface area contributed by atoms with Crippen LogP contribution in [0.4, 0.5) is 4.79 Å². The van der Waals surface area contributed by atoms with Crippen molar-refractivity contribution >= 4 is 12.1 Å². The minimum atomic E-state index is -0.447. The van der Waals surface area contributed by atoms with Crippen LogP contribution < -0.4 is 5.32 Å². The third-order valence-electron chi connectivity index (χ3n) is 5.16. The molecule has 2 atom stereocenters. The fourth-order valence-corrected chi connectivity index (χ4v) is 3.67. The van der Waals surface area contributed by atoms with E-state index in [1.807, 2.05) is 25.7 Å². The Labute approximate surface area is 151 Å². The summed E-state index contributed by atoms with van der Waals surface area (Å²) in [6.07, 6.45) is 2.47. The van der Waals surface area contributed by atoms with Crippen molar-refractivity contribution in [1.82, 2.24) is 20.0 Å². The molecule has 1 amide bonds. The van der Waals surface area contributed by atoms with Gasteiger partial charge < -0.3 is 24.8 Å². The van der Waals surface area contributed by atoms with Crippen LogP contribution in [-0.2, 0) is 4.74 Å². The Morgan fingerprint density at radius 1 is 1.36 bits per heavy atom. The maximum atomic E-state index is 12.3. The van der Waals surface area contributed by atoms with Crippen molar-refractivity contribution in [3.8, 4) is 0 Å². The number of guanidine groups is 1. The van der Waals surface area contributed by atoms with Gasteiger partial charge in [0.2, 0.25) is 0 Å². The molecule has 1 saturated carbocycles. The number of hydrogen-bond acceptors (Lipinski definition) is 6. The maximum Gasteiger partial charge on any atom is 0.410 e. The van der Waals surface area contributed by atoms with Gasteiger partial charge in [0.15, 0.2) is 5.96 Å². The van der Waals surface area contributed by atoms with Crippen LogP contribution in [0, 0.1) is 5.92 Å². The van der Waals surface area contributed by atoms with E-state index in [2.05, 4.69) is 29.2 Å². The summed E-state index contributed by atoms with van der Waals surface area (Å²) in [6, 6.07) is 0.840. The molecule has 142 valence electrons. The van der Waals surface area contributed by atoms with E-state index in [0.29, 0.717) is 19.1 Å². The van der Waals surface area contributed by atoms with Gasteiger partial charge in [0.25, 0.3) is 0 Å². The lowest BCUT2D eigenvalue weighted by Crippen LogP contribution is -2.58. The fourth-order valence-electron chi connectivity index (χ4n) is 3.67. The highest BCUT2D eigenvalue weighted by Gasteiger charge is 2.37. The normalized spacial score (nSPS) is 24.9. The number of ether oxygens (including phenoxy) is 1. The molecule has 3 aliphatic rings. The first-order valence-corrected chi connectivity index (χ1v) is 9.44. The number of amides is 1. The third-order valence-corrected chi connectivity index (χ3v) is 5.16. The van der Waals surface area contributed by atoms with Crippen molar-refractivity contribution in [2.45, 2.75) is 51.3 Å². The van der Waals surface area contributed by atoms with Crippen LogP contribution in [0.5, 0.6) is 0 Å². The molecule has 0 aromatic carbocycles. The molecule has 0 aromatic heterocycles. The van der Waals surface area contributed by atoms with Gasteiger partial charge in [-0.2, -0.15) is 0 Å². The fraction of sp³-hybridized carbons (Fsp3) is 0.889. The molecular weight excluding hydrogens is 318 g/mol. The molecule has 0 radical (unpaired) electrons. The molecule has 7 heteroatoms. The van der Waals surface area contributed by atoms with Gasteiger partial charge in [-0.3, -0.25) is 4.99 Å². The average molecular weight is 351 g/mol. The lowest BCUT2D eigenvalue weighted by Gasteiger charge is -2.39. The SMILES string of the molecule is CN(C)C(CNC1=NCC2CN(C(=O)OC(C)(C)C)CCN12)C1CC1. The molecule has 3 rings (SSSR count). The van der Waals surface area contributed by atoms with E-state index >= 15 is 0 Å². The molecule has 0 spiro atoms. The van der Waals surface area contributed by atoms with Crippen molar-refractivity contribution in [2.75, 3.05) is 46.8 Å². The number of hydrogen-bond donors (Lipinski definition) is 1. The Hall–Kier alpha value is -1.50. The molecule has 1 aliphatic carbocycles. The van der Waals surface area contributed by atoms with Crippen LogP contribution in [0.3, 0.4) is 0 Å². The molecule has 25 heavy (non-hydrogen) atoms. The van der Waals surface area contributed by atoms with Crippen LogP contribution >= 0.6 is 0 Å². The number of piperazine rings is 1. The van der Waals surface area contributed by atoms with Gasteiger partial charge in [0.1, 0.15) is 5.60 Å². The molecular formula is C18H33N5O2. The van der Waals surface area contributed by atoms with Crippen molar-refractivity contribution in [3.63, 3.8) is 0 Å². The molecule has 0 bridgehead atoms. The summed E-state index contributed by atoms with van der Waals surface area (Å²) in [5.74, 6) is 1.82. The van der Waals surface area contributed by atoms with E-state index in [1.54, 1.807) is 0 Å². The second-order valence-electron chi connectivity index (χ2n) is 8.69. The highest BCUT2D eigenvalue weighted by Crippen LogP contribution is 2.34. The molecule has 2 fully saturated rings. The molecule has 0 aromatic rings. The minimum absolute atomic E-state index is 0.213.